The first kappa shape index (κ1) is 25.7. The fourth-order valence-electron chi connectivity index (χ4n) is 4.64. The summed E-state index contributed by atoms with van der Waals surface area (Å²) in [6.45, 7) is 4.16. The van der Waals surface area contributed by atoms with Crippen molar-refractivity contribution in [3.05, 3.63) is 71.8 Å². The van der Waals surface area contributed by atoms with E-state index in [9.17, 15) is 4.79 Å². The zero-order valence-corrected chi connectivity index (χ0v) is 22.0. The van der Waals surface area contributed by atoms with Crippen molar-refractivity contribution in [2.75, 3.05) is 30.8 Å². The molecule has 1 aliphatic heterocycles. The van der Waals surface area contributed by atoms with Crippen LogP contribution in [0.1, 0.15) is 25.5 Å². The van der Waals surface area contributed by atoms with E-state index in [-0.39, 0.29) is 11.9 Å². The number of halogens is 1. The van der Waals surface area contributed by atoms with E-state index in [2.05, 4.69) is 37.4 Å². The Labute approximate surface area is 226 Å². The van der Waals surface area contributed by atoms with Gasteiger partial charge in [-0.2, -0.15) is 0 Å². The van der Waals surface area contributed by atoms with E-state index in [0.29, 0.717) is 40.2 Å². The Morgan fingerprint density at radius 3 is 2.79 bits per heavy atom. The summed E-state index contributed by atoms with van der Waals surface area (Å²) in [7, 11) is 1.57. The maximum absolute atomic E-state index is 13.1. The van der Waals surface area contributed by atoms with Gasteiger partial charge >= 0.3 is 0 Å². The van der Waals surface area contributed by atoms with Crippen LogP contribution in [0.3, 0.4) is 0 Å². The van der Waals surface area contributed by atoms with Crippen molar-refractivity contribution in [3.63, 3.8) is 0 Å². The average molecular weight is 533 g/mol. The number of amides is 1. The van der Waals surface area contributed by atoms with Gasteiger partial charge in [0.15, 0.2) is 0 Å². The number of benzene rings is 2. The number of methoxy groups -OCH3 is 1. The molecule has 4 aromatic rings. The van der Waals surface area contributed by atoms with Crippen LogP contribution in [0, 0.1) is 0 Å². The molecule has 0 spiro atoms. The molecule has 5 rings (SSSR count). The third-order valence-electron chi connectivity index (χ3n) is 6.58. The third kappa shape index (κ3) is 5.64. The largest absolute Gasteiger partial charge is 0.494 e. The summed E-state index contributed by atoms with van der Waals surface area (Å²) in [6.07, 6.45) is 5.05. The van der Waals surface area contributed by atoms with Gasteiger partial charge in [0.2, 0.25) is 5.91 Å². The zero-order chi connectivity index (χ0) is 26.5. The second-order valence-corrected chi connectivity index (χ2v) is 9.35. The van der Waals surface area contributed by atoms with Crippen molar-refractivity contribution in [3.8, 4) is 11.5 Å². The van der Waals surface area contributed by atoms with Gasteiger partial charge in [0, 0.05) is 23.3 Å². The number of carbonyl (C=O) groups is 1. The van der Waals surface area contributed by atoms with E-state index in [0.717, 1.165) is 42.7 Å². The number of likely N-dealkylation sites (N-methyl/N-ethyl adjacent to an activating group) is 1. The molecule has 1 atom stereocenters. The summed E-state index contributed by atoms with van der Waals surface area (Å²) in [5.41, 5.74) is 2.79. The molecule has 2 aromatic heterocycles. The van der Waals surface area contributed by atoms with Gasteiger partial charge in [-0.05, 0) is 62.3 Å². The lowest BCUT2D eigenvalue weighted by molar-refractivity contribution is -0.120. The molecule has 9 nitrogen and oxygen atoms in total. The monoisotopic (exact) mass is 532 g/mol. The fraction of sp³-hybridized carbons (Fsp3) is 0.286. The third-order valence-corrected chi connectivity index (χ3v) is 6.88. The summed E-state index contributed by atoms with van der Waals surface area (Å²) >= 11 is 6.50. The molecule has 0 saturated carbocycles. The number of hydrogen-bond donors (Lipinski definition) is 2. The van der Waals surface area contributed by atoms with Crippen LogP contribution in [0.4, 0.5) is 17.2 Å². The number of hydrogen-bond acceptors (Lipinski definition) is 8. The number of pyridine rings is 1. The minimum Gasteiger partial charge on any atom is -0.494 e. The Morgan fingerprint density at radius 1 is 1.13 bits per heavy atom. The predicted molar refractivity (Wildman–Crippen MR) is 148 cm³/mol. The lowest BCUT2D eigenvalue weighted by Gasteiger charge is -2.22. The Kier molecular flexibility index (Phi) is 7.86. The van der Waals surface area contributed by atoms with E-state index in [4.69, 9.17) is 21.1 Å². The number of anilines is 3. The highest BCUT2D eigenvalue weighted by atomic mass is 35.5. The molecule has 1 aliphatic rings. The molecule has 1 fully saturated rings. The average Bonchev–Trinajstić information content (AvgIpc) is 3.42. The number of carbonyl (C=O) groups excluding carboxylic acids is 1. The van der Waals surface area contributed by atoms with Crippen LogP contribution in [-0.2, 0) is 11.4 Å². The summed E-state index contributed by atoms with van der Waals surface area (Å²) in [5.74, 6) is 1.62. The normalized spacial score (nSPS) is 15.4. The van der Waals surface area contributed by atoms with Crippen LogP contribution in [0.5, 0.6) is 11.5 Å². The standard InChI is InChI=1S/C28H29ClN6O3/c1-3-35-12-6-8-24(35)28(36)34-23-14-20-22(15-26(23)37-2)31-17-32-27(20)33-18-9-10-25(21(29)13-18)38-16-19-7-4-5-11-30-19/h4-5,7,9-11,13-15,17,24H,3,6,8,12,16H2,1-2H3,(H,34,36)(H,31,32,33)/t24-/m1/s1. The predicted octanol–water partition coefficient (Wildman–Crippen LogP) is 5.43. The molecule has 0 aliphatic carbocycles. The van der Waals surface area contributed by atoms with Crippen LogP contribution < -0.4 is 20.1 Å². The summed E-state index contributed by atoms with van der Waals surface area (Å²) in [5, 5.41) is 7.56. The minimum atomic E-state index is -0.148. The van der Waals surface area contributed by atoms with Crippen LogP contribution in [0.2, 0.25) is 5.02 Å². The molecule has 0 unspecified atom stereocenters. The highest BCUT2D eigenvalue weighted by Crippen LogP contribution is 2.35. The SMILES string of the molecule is CCN1CCC[C@@H]1C(=O)Nc1cc2c(Nc3ccc(OCc4ccccn4)c(Cl)c3)ncnc2cc1OC. The molecule has 196 valence electrons. The quantitative estimate of drug-likeness (QED) is 0.294. The second-order valence-electron chi connectivity index (χ2n) is 8.95. The Hall–Kier alpha value is -3.95. The van der Waals surface area contributed by atoms with E-state index in [1.165, 1.54) is 6.33 Å². The molecule has 0 radical (unpaired) electrons. The van der Waals surface area contributed by atoms with Crippen molar-refractivity contribution < 1.29 is 14.3 Å². The van der Waals surface area contributed by atoms with Crippen LogP contribution in [-0.4, -0.2) is 52.0 Å². The van der Waals surface area contributed by atoms with Crippen molar-refractivity contribution in [1.82, 2.24) is 19.9 Å². The van der Waals surface area contributed by atoms with E-state index in [1.807, 2.05) is 30.3 Å². The second kappa shape index (κ2) is 11.6. The lowest BCUT2D eigenvalue weighted by Crippen LogP contribution is -2.39. The summed E-state index contributed by atoms with van der Waals surface area (Å²) in [4.78, 5) is 28.4. The first-order chi connectivity index (χ1) is 18.6. The van der Waals surface area contributed by atoms with E-state index < -0.39 is 0 Å². The molecular weight excluding hydrogens is 504 g/mol. The van der Waals surface area contributed by atoms with Gasteiger partial charge in [0.05, 0.1) is 35.1 Å². The van der Waals surface area contributed by atoms with E-state index >= 15 is 0 Å². The summed E-state index contributed by atoms with van der Waals surface area (Å²) in [6, 6.07) is 14.6. The van der Waals surface area contributed by atoms with Gasteiger partial charge in [-0.15, -0.1) is 0 Å². The van der Waals surface area contributed by atoms with Gasteiger partial charge < -0.3 is 20.1 Å². The number of rotatable bonds is 9. The minimum absolute atomic E-state index is 0.0403. The van der Waals surface area contributed by atoms with Gasteiger partial charge in [-0.1, -0.05) is 24.6 Å². The number of nitrogens with one attached hydrogen (secondary N) is 2. The van der Waals surface area contributed by atoms with Crippen molar-refractivity contribution in [1.29, 1.82) is 0 Å². The number of nitrogens with zero attached hydrogens (tertiary/aromatic N) is 4. The van der Waals surface area contributed by atoms with Crippen LogP contribution >= 0.6 is 11.6 Å². The molecule has 10 heteroatoms. The highest BCUT2D eigenvalue weighted by Gasteiger charge is 2.30. The van der Waals surface area contributed by atoms with Crippen molar-refractivity contribution in [2.24, 2.45) is 0 Å². The maximum atomic E-state index is 13.1. The molecule has 0 bridgehead atoms. The molecule has 1 amide bonds. The zero-order valence-electron chi connectivity index (χ0n) is 21.3. The number of likely N-dealkylation sites (tertiary alicyclic amines) is 1. The topological polar surface area (TPSA) is 102 Å². The van der Waals surface area contributed by atoms with Crippen LogP contribution in [0.15, 0.2) is 61.1 Å². The fourth-order valence-corrected chi connectivity index (χ4v) is 4.87. The van der Waals surface area contributed by atoms with Gasteiger partial charge in [-0.25, -0.2) is 9.97 Å². The number of fused-ring (bicyclic) bond motifs is 1. The van der Waals surface area contributed by atoms with Gasteiger partial charge in [-0.3, -0.25) is 14.7 Å². The molecule has 2 aromatic carbocycles. The van der Waals surface area contributed by atoms with E-state index in [1.54, 1.807) is 31.5 Å². The number of ether oxygens (including phenoxy) is 2. The highest BCUT2D eigenvalue weighted by molar-refractivity contribution is 6.32. The molecule has 1 saturated heterocycles. The van der Waals surface area contributed by atoms with Crippen molar-refractivity contribution >= 4 is 45.6 Å². The van der Waals surface area contributed by atoms with Crippen LogP contribution in [0.25, 0.3) is 10.9 Å². The first-order valence-electron chi connectivity index (χ1n) is 12.5. The van der Waals surface area contributed by atoms with Gasteiger partial charge in [0.1, 0.15) is 30.3 Å². The maximum Gasteiger partial charge on any atom is 0.241 e. The Morgan fingerprint density at radius 2 is 2.03 bits per heavy atom. The first-order valence-corrected chi connectivity index (χ1v) is 12.9. The Bertz CT molecular complexity index is 1440. The molecule has 3 heterocycles. The molecular formula is C28H29ClN6O3. The Balaban J connectivity index is 1.37. The number of aromatic nitrogens is 3. The summed E-state index contributed by atoms with van der Waals surface area (Å²) < 4.78 is 11.4. The van der Waals surface area contributed by atoms with Crippen molar-refractivity contribution in [2.45, 2.75) is 32.4 Å². The van der Waals surface area contributed by atoms with Gasteiger partial charge in [0.25, 0.3) is 0 Å². The molecule has 2 N–H and O–H groups in total. The molecule has 38 heavy (non-hydrogen) atoms. The lowest BCUT2D eigenvalue weighted by atomic mass is 10.1. The smallest absolute Gasteiger partial charge is 0.241 e.